The quantitative estimate of drug-likeness (QED) is 0.713. The van der Waals surface area contributed by atoms with E-state index in [1.807, 2.05) is 54.6 Å². The van der Waals surface area contributed by atoms with Gasteiger partial charge in [-0.3, -0.25) is 4.79 Å². The number of benzene rings is 3. The largest absolute Gasteiger partial charge is 0.489 e. The first-order valence-corrected chi connectivity index (χ1v) is 10.5. The van der Waals surface area contributed by atoms with Crippen molar-refractivity contribution in [3.05, 3.63) is 77.9 Å². The zero-order valence-corrected chi connectivity index (χ0v) is 16.5. The molecule has 0 aromatic heterocycles. The zero-order valence-electron chi connectivity index (χ0n) is 16.5. The van der Waals surface area contributed by atoms with E-state index in [0.717, 1.165) is 41.0 Å². The van der Waals surface area contributed by atoms with Gasteiger partial charge in [0, 0.05) is 24.7 Å². The monoisotopic (exact) mass is 386 g/mol. The molecule has 2 saturated heterocycles. The maximum Gasteiger partial charge on any atom is 0.251 e. The molecule has 4 heteroatoms. The van der Waals surface area contributed by atoms with Crippen molar-refractivity contribution in [1.82, 2.24) is 10.2 Å². The van der Waals surface area contributed by atoms with Gasteiger partial charge in [-0.15, -0.1) is 0 Å². The number of nitrogens with zero attached hydrogens (tertiary/aromatic N) is 1. The van der Waals surface area contributed by atoms with Crippen LogP contribution in [0.15, 0.2) is 66.7 Å². The highest BCUT2D eigenvalue weighted by atomic mass is 16.5. The van der Waals surface area contributed by atoms with Crippen LogP contribution in [0.5, 0.6) is 5.75 Å². The number of carbonyl (C=O) groups is 1. The highest BCUT2D eigenvalue weighted by Gasteiger charge is 2.32. The second-order valence-electron chi connectivity index (χ2n) is 8.32. The molecule has 2 aliphatic rings. The summed E-state index contributed by atoms with van der Waals surface area (Å²) in [5, 5.41) is 5.38. The Morgan fingerprint density at radius 2 is 1.86 bits per heavy atom. The van der Waals surface area contributed by atoms with Crippen LogP contribution in [0.4, 0.5) is 0 Å². The fourth-order valence-corrected chi connectivity index (χ4v) is 4.63. The number of ether oxygens (including phenoxy) is 1. The van der Waals surface area contributed by atoms with E-state index < -0.39 is 0 Å². The lowest BCUT2D eigenvalue weighted by atomic mass is 9.96. The predicted octanol–water partition coefficient (Wildman–Crippen LogP) is 4.24. The average molecular weight is 386 g/mol. The summed E-state index contributed by atoms with van der Waals surface area (Å²) in [7, 11) is 0. The van der Waals surface area contributed by atoms with Gasteiger partial charge in [0.2, 0.25) is 0 Å². The Hall–Kier alpha value is -2.85. The number of amides is 1. The number of rotatable bonds is 5. The molecule has 0 saturated carbocycles. The molecular formula is C25H26N2O2. The van der Waals surface area contributed by atoms with Crippen LogP contribution in [0.25, 0.3) is 10.8 Å². The van der Waals surface area contributed by atoms with E-state index in [-0.39, 0.29) is 11.9 Å². The average Bonchev–Trinajstić information content (AvgIpc) is 3.10. The van der Waals surface area contributed by atoms with Gasteiger partial charge in [-0.2, -0.15) is 0 Å². The maximum atomic E-state index is 12.8. The number of carbonyl (C=O) groups excluding carboxylic acids is 1. The van der Waals surface area contributed by atoms with Crippen molar-refractivity contribution < 1.29 is 9.53 Å². The summed E-state index contributed by atoms with van der Waals surface area (Å²) >= 11 is 0. The molecule has 148 valence electrons. The summed E-state index contributed by atoms with van der Waals surface area (Å²) in [6, 6.07) is 22.3. The van der Waals surface area contributed by atoms with Gasteiger partial charge < -0.3 is 15.0 Å². The minimum absolute atomic E-state index is 0.0232. The van der Waals surface area contributed by atoms with Crippen LogP contribution < -0.4 is 10.1 Å². The Morgan fingerprint density at radius 3 is 2.72 bits per heavy atom. The number of fused-ring (bicyclic) bond motifs is 3. The summed E-state index contributed by atoms with van der Waals surface area (Å²) in [6.45, 7) is 3.89. The molecule has 3 atom stereocenters. The molecule has 0 aliphatic carbocycles. The predicted molar refractivity (Wildman–Crippen MR) is 115 cm³/mol. The fourth-order valence-electron chi connectivity index (χ4n) is 4.63. The van der Waals surface area contributed by atoms with Crippen molar-refractivity contribution >= 4 is 16.7 Å². The lowest BCUT2D eigenvalue weighted by molar-refractivity contribution is 0.0909. The van der Waals surface area contributed by atoms with E-state index in [1.165, 1.54) is 19.5 Å². The third-order valence-electron chi connectivity index (χ3n) is 6.12. The summed E-state index contributed by atoms with van der Waals surface area (Å²) in [6.07, 6.45) is 2.38. The molecule has 2 aliphatic heterocycles. The Kier molecular flexibility index (Phi) is 4.94. The molecule has 5 rings (SSSR count). The van der Waals surface area contributed by atoms with Gasteiger partial charge in [0.25, 0.3) is 5.91 Å². The van der Waals surface area contributed by atoms with Gasteiger partial charge in [-0.25, -0.2) is 0 Å². The van der Waals surface area contributed by atoms with E-state index >= 15 is 0 Å². The lowest BCUT2D eigenvalue weighted by Gasteiger charge is -2.30. The Bertz CT molecular complexity index is 1010. The van der Waals surface area contributed by atoms with Crippen molar-refractivity contribution in [2.45, 2.75) is 25.5 Å². The van der Waals surface area contributed by atoms with E-state index in [4.69, 9.17) is 4.74 Å². The molecule has 3 aromatic rings. The Balaban J connectivity index is 1.29. The molecule has 3 aromatic carbocycles. The van der Waals surface area contributed by atoms with E-state index in [1.54, 1.807) is 0 Å². The molecule has 29 heavy (non-hydrogen) atoms. The van der Waals surface area contributed by atoms with Crippen molar-refractivity contribution in [3.63, 3.8) is 0 Å². The molecule has 0 radical (unpaired) electrons. The second kappa shape index (κ2) is 7.88. The minimum atomic E-state index is 0.0232. The first-order valence-electron chi connectivity index (χ1n) is 10.5. The summed E-state index contributed by atoms with van der Waals surface area (Å²) in [4.78, 5) is 15.3. The zero-order chi connectivity index (χ0) is 19.6. The van der Waals surface area contributed by atoms with Crippen LogP contribution in [-0.4, -0.2) is 36.5 Å². The SMILES string of the molecule is O=C(NC1CC2CCN(C2)C1)c1ccc2ccc(OCc3ccccc3)cc2c1. The van der Waals surface area contributed by atoms with Crippen LogP contribution in [0.1, 0.15) is 28.8 Å². The summed E-state index contributed by atoms with van der Waals surface area (Å²) in [5.74, 6) is 1.58. The molecule has 1 amide bonds. The summed E-state index contributed by atoms with van der Waals surface area (Å²) < 4.78 is 5.95. The summed E-state index contributed by atoms with van der Waals surface area (Å²) in [5.41, 5.74) is 1.85. The molecule has 0 spiro atoms. The second-order valence-corrected chi connectivity index (χ2v) is 8.32. The maximum absolute atomic E-state index is 12.8. The standard InChI is InChI=1S/C25H26N2O2/c28-25(26-23-12-19-10-11-27(15-19)16-23)21-7-6-20-8-9-24(14-22(20)13-21)29-17-18-4-2-1-3-5-18/h1-9,13-14,19,23H,10-12,15-17H2,(H,26,28). The van der Waals surface area contributed by atoms with Crippen LogP contribution in [0.3, 0.4) is 0 Å². The first-order chi connectivity index (χ1) is 14.2. The Morgan fingerprint density at radius 1 is 1.00 bits per heavy atom. The van der Waals surface area contributed by atoms with Gasteiger partial charge in [-0.1, -0.05) is 42.5 Å². The molecule has 2 heterocycles. The molecule has 2 bridgehead atoms. The normalized spacial score (nSPS) is 23.1. The van der Waals surface area contributed by atoms with Gasteiger partial charge in [0.1, 0.15) is 12.4 Å². The molecule has 4 nitrogen and oxygen atoms in total. The van der Waals surface area contributed by atoms with Gasteiger partial charge >= 0.3 is 0 Å². The lowest BCUT2D eigenvalue weighted by Crippen LogP contribution is -2.47. The molecular weight excluding hydrogens is 360 g/mol. The van der Waals surface area contributed by atoms with Crippen molar-refractivity contribution in [3.8, 4) is 5.75 Å². The van der Waals surface area contributed by atoms with E-state index in [9.17, 15) is 4.79 Å². The fraction of sp³-hybridized carbons (Fsp3) is 0.320. The Labute approximate surface area is 171 Å². The highest BCUT2D eigenvalue weighted by molar-refractivity contribution is 5.99. The van der Waals surface area contributed by atoms with E-state index in [2.05, 4.69) is 22.3 Å². The third-order valence-corrected chi connectivity index (χ3v) is 6.12. The molecule has 1 N–H and O–H groups in total. The molecule has 3 unspecified atom stereocenters. The number of hydrogen-bond acceptors (Lipinski definition) is 3. The van der Waals surface area contributed by atoms with Crippen molar-refractivity contribution in [1.29, 1.82) is 0 Å². The number of piperidine rings is 1. The third kappa shape index (κ3) is 4.13. The first kappa shape index (κ1) is 18.2. The van der Waals surface area contributed by atoms with Crippen LogP contribution in [0.2, 0.25) is 0 Å². The topological polar surface area (TPSA) is 41.6 Å². The van der Waals surface area contributed by atoms with Crippen LogP contribution in [0, 0.1) is 5.92 Å². The van der Waals surface area contributed by atoms with Gasteiger partial charge in [0.05, 0.1) is 0 Å². The van der Waals surface area contributed by atoms with Crippen LogP contribution in [-0.2, 0) is 6.61 Å². The van der Waals surface area contributed by atoms with Crippen molar-refractivity contribution in [2.75, 3.05) is 19.6 Å². The number of hydrogen-bond donors (Lipinski definition) is 1. The van der Waals surface area contributed by atoms with Gasteiger partial charge in [0.15, 0.2) is 0 Å². The minimum Gasteiger partial charge on any atom is -0.489 e. The van der Waals surface area contributed by atoms with Crippen LogP contribution >= 0.6 is 0 Å². The highest BCUT2D eigenvalue weighted by Crippen LogP contribution is 2.27. The smallest absolute Gasteiger partial charge is 0.251 e. The van der Waals surface area contributed by atoms with Gasteiger partial charge in [-0.05, 0) is 65.9 Å². The van der Waals surface area contributed by atoms with Crippen molar-refractivity contribution in [2.24, 2.45) is 5.92 Å². The molecule has 2 fully saturated rings. The number of nitrogens with one attached hydrogen (secondary N) is 1. The van der Waals surface area contributed by atoms with E-state index in [0.29, 0.717) is 12.2 Å².